The Morgan fingerprint density at radius 1 is 1.21 bits per heavy atom. The molecule has 0 aromatic rings. The van der Waals surface area contributed by atoms with Gasteiger partial charge in [-0.1, -0.05) is 20.8 Å². The summed E-state index contributed by atoms with van der Waals surface area (Å²) in [4.78, 5) is 2.39. The molecule has 14 heavy (non-hydrogen) atoms. The van der Waals surface area contributed by atoms with Crippen molar-refractivity contribution < 1.29 is 5.11 Å². The standard InChI is InChI=1S/C11H26N2O/c1-4-13(9-6-10-14)8-5-7-12-11(2)3/h11-12,14H,4-10H2,1-3H3. The molecule has 2 N–H and O–H groups in total. The predicted molar refractivity (Wildman–Crippen MR) is 61.6 cm³/mol. The Morgan fingerprint density at radius 2 is 1.86 bits per heavy atom. The third-order valence-electron chi connectivity index (χ3n) is 2.28. The van der Waals surface area contributed by atoms with Crippen molar-refractivity contribution in [1.29, 1.82) is 0 Å². The molecule has 3 nitrogen and oxygen atoms in total. The number of rotatable bonds is 9. The van der Waals surface area contributed by atoms with E-state index in [1.165, 1.54) is 6.42 Å². The van der Waals surface area contributed by atoms with Crippen molar-refractivity contribution in [2.45, 2.75) is 39.7 Å². The van der Waals surface area contributed by atoms with Crippen molar-refractivity contribution >= 4 is 0 Å². The van der Waals surface area contributed by atoms with E-state index in [2.05, 4.69) is 31.0 Å². The molecule has 3 heteroatoms. The van der Waals surface area contributed by atoms with E-state index in [1.807, 2.05) is 0 Å². The van der Waals surface area contributed by atoms with Crippen molar-refractivity contribution in [3.8, 4) is 0 Å². The average molecular weight is 202 g/mol. The van der Waals surface area contributed by atoms with Crippen LogP contribution in [0.4, 0.5) is 0 Å². The topological polar surface area (TPSA) is 35.5 Å². The molecule has 0 spiro atoms. The van der Waals surface area contributed by atoms with Gasteiger partial charge in [-0.2, -0.15) is 0 Å². The first kappa shape index (κ1) is 13.9. The maximum Gasteiger partial charge on any atom is 0.0443 e. The van der Waals surface area contributed by atoms with Crippen molar-refractivity contribution in [2.75, 3.05) is 32.8 Å². The van der Waals surface area contributed by atoms with Crippen molar-refractivity contribution in [1.82, 2.24) is 10.2 Å². The Labute approximate surface area is 88.5 Å². The Morgan fingerprint density at radius 3 is 2.36 bits per heavy atom. The van der Waals surface area contributed by atoms with Gasteiger partial charge in [-0.05, 0) is 32.5 Å². The van der Waals surface area contributed by atoms with Gasteiger partial charge in [-0.15, -0.1) is 0 Å². The fourth-order valence-corrected chi connectivity index (χ4v) is 1.42. The molecule has 0 saturated heterocycles. The second kappa shape index (κ2) is 9.44. The number of hydrogen-bond donors (Lipinski definition) is 2. The lowest BCUT2D eigenvalue weighted by atomic mass is 10.3. The van der Waals surface area contributed by atoms with E-state index in [0.29, 0.717) is 12.6 Å². The average Bonchev–Trinajstić information content (AvgIpc) is 2.16. The number of hydrogen-bond acceptors (Lipinski definition) is 3. The molecule has 0 heterocycles. The van der Waals surface area contributed by atoms with Crippen LogP contribution in [-0.4, -0.2) is 48.8 Å². The molecular weight excluding hydrogens is 176 g/mol. The summed E-state index contributed by atoms with van der Waals surface area (Å²) in [6.07, 6.45) is 2.09. The van der Waals surface area contributed by atoms with E-state index in [9.17, 15) is 0 Å². The molecule has 0 aromatic heterocycles. The van der Waals surface area contributed by atoms with Gasteiger partial charge in [0.1, 0.15) is 0 Å². The van der Waals surface area contributed by atoms with E-state index >= 15 is 0 Å². The van der Waals surface area contributed by atoms with Gasteiger partial charge in [-0.25, -0.2) is 0 Å². The molecule has 0 aliphatic heterocycles. The predicted octanol–water partition coefficient (Wildman–Crippen LogP) is 1.08. The summed E-state index contributed by atoms with van der Waals surface area (Å²) in [6.45, 7) is 11.2. The second-order valence-electron chi connectivity index (χ2n) is 3.97. The quantitative estimate of drug-likeness (QED) is 0.549. The van der Waals surface area contributed by atoms with Crippen LogP contribution in [0.25, 0.3) is 0 Å². The minimum atomic E-state index is 0.306. The van der Waals surface area contributed by atoms with Crippen LogP contribution in [0.1, 0.15) is 33.6 Å². The lowest BCUT2D eigenvalue weighted by molar-refractivity contribution is 0.228. The van der Waals surface area contributed by atoms with Crippen LogP contribution in [-0.2, 0) is 0 Å². The fourth-order valence-electron chi connectivity index (χ4n) is 1.42. The highest BCUT2D eigenvalue weighted by Gasteiger charge is 2.01. The van der Waals surface area contributed by atoms with Crippen molar-refractivity contribution in [2.24, 2.45) is 0 Å². The van der Waals surface area contributed by atoms with Crippen LogP contribution >= 0.6 is 0 Å². The normalized spacial score (nSPS) is 11.6. The molecule has 0 atom stereocenters. The Balaban J connectivity index is 3.33. The van der Waals surface area contributed by atoms with Gasteiger partial charge < -0.3 is 15.3 Å². The van der Waals surface area contributed by atoms with Gasteiger partial charge in [0.15, 0.2) is 0 Å². The second-order valence-corrected chi connectivity index (χ2v) is 3.97. The fraction of sp³-hybridized carbons (Fsp3) is 1.00. The third-order valence-corrected chi connectivity index (χ3v) is 2.28. The molecule has 0 radical (unpaired) electrons. The Hall–Kier alpha value is -0.120. The molecule has 86 valence electrons. The zero-order chi connectivity index (χ0) is 10.8. The zero-order valence-corrected chi connectivity index (χ0v) is 9.92. The molecule has 0 fully saturated rings. The monoisotopic (exact) mass is 202 g/mol. The first-order valence-electron chi connectivity index (χ1n) is 5.77. The third kappa shape index (κ3) is 8.48. The van der Waals surface area contributed by atoms with Crippen LogP contribution in [0.15, 0.2) is 0 Å². The van der Waals surface area contributed by atoms with E-state index in [-0.39, 0.29) is 0 Å². The van der Waals surface area contributed by atoms with Gasteiger partial charge >= 0.3 is 0 Å². The van der Waals surface area contributed by atoms with Gasteiger partial charge in [0.05, 0.1) is 0 Å². The van der Waals surface area contributed by atoms with Gasteiger partial charge in [-0.3, -0.25) is 0 Å². The lowest BCUT2D eigenvalue weighted by Crippen LogP contribution is -2.30. The Kier molecular flexibility index (Phi) is 9.35. The minimum absolute atomic E-state index is 0.306. The highest BCUT2D eigenvalue weighted by molar-refractivity contribution is 4.58. The van der Waals surface area contributed by atoms with Crippen LogP contribution < -0.4 is 5.32 Å². The summed E-state index contributed by atoms with van der Waals surface area (Å²) in [6, 6.07) is 0.586. The van der Waals surface area contributed by atoms with Gasteiger partial charge in [0.2, 0.25) is 0 Å². The van der Waals surface area contributed by atoms with E-state index in [0.717, 1.165) is 32.6 Å². The number of nitrogens with zero attached hydrogens (tertiary/aromatic N) is 1. The molecule has 0 saturated carbocycles. The van der Waals surface area contributed by atoms with Crippen LogP contribution in [0.5, 0.6) is 0 Å². The molecule has 0 bridgehead atoms. The minimum Gasteiger partial charge on any atom is -0.396 e. The highest BCUT2D eigenvalue weighted by Crippen LogP contribution is 1.93. The van der Waals surface area contributed by atoms with Gasteiger partial charge in [0.25, 0.3) is 0 Å². The van der Waals surface area contributed by atoms with Crippen molar-refractivity contribution in [3.63, 3.8) is 0 Å². The Bertz CT molecular complexity index is 118. The van der Waals surface area contributed by atoms with E-state index in [1.54, 1.807) is 0 Å². The molecule has 0 amide bonds. The number of aliphatic hydroxyl groups excluding tert-OH is 1. The molecule has 0 aromatic carbocycles. The summed E-state index contributed by atoms with van der Waals surface area (Å²) in [5.41, 5.74) is 0. The maximum atomic E-state index is 8.72. The lowest BCUT2D eigenvalue weighted by Gasteiger charge is -2.20. The largest absolute Gasteiger partial charge is 0.396 e. The van der Waals surface area contributed by atoms with Crippen molar-refractivity contribution in [3.05, 3.63) is 0 Å². The maximum absolute atomic E-state index is 8.72. The molecule has 0 aliphatic rings. The molecule has 0 aliphatic carbocycles. The number of aliphatic hydroxyl groups is 1. The zero-order valence-electron chi connectivity index (χ0n) is 9.92. The highest BCUT2D eigenvalue weighted by atomic mass is 16.3. The summed E-state index contributed by atoms with van der Waals surface area (Å²) in [5.74, 6) is 0. The first-order chi connectivity index (χ1) is 6.70. The first-order valence-corrected chi connectivity index (χ1v) is 5.77. The molecule has 0 unspecified atom stereocenters. The molecular formula is C11H26N2O. The van der Waals surface area contributed by atoms with Crippen LogP contribution in [0.2, 0.25) is 0 Å². The summed E-state index contributed by atoms with van der Waals surface area (Å²) < 4.78 is 0. The SMILES string of the molecule is CCN(CCCO)CCCNC(C)C. The summed E-state index contributed by atoms with van der Waals surface area (Å²) in [5, 5.41) is 12.1. The van der Waals surface area contributed by atoms with Gasteiger partial charge in [0, 0.05) is 19.2 Å². The number of nitrogens with one attached hydrogen (secondary N) is 1. The van der Waals surface area contributed by atoms with Crippen LogP contribution in [0.3, 0.4) is 0 Å². The van der Waals surface area contributed by atoms with E-state index in [4.69, 9.17) is 5.11 Å². The smallest absolute Gasteiger partial charge is 0.0443 e. The molecule has 0 rings (SSSR count). The van der Waals surface area contributed by atoms with Crippen LogP contribution in [0, 0.1) is 0 Å². The summed E-state index contributed by atoms with van der Waals surface area (Å²) >= 11 is 0. The summed E-state index contributed by atoms with van der Waals surface area (Å²) in [7, 11) is 0. The van der Waals surface area contributed by atoms with E-state index < -0.39 is 0 Å².